The zero-order valence-electron chi connectivity index (χ0n) is 9.35. The summed E-state index contributed by atoms with van der Waals surface area (Å²) < 4.78 is 27.9. The van der Waals surface area contributed by atoms with Gasteiger partial charge in [-0.05, 0) is 24.3 Å². The number of ether oxygens (including phenoxy) is 1. The van der Waals surface area contributed by atoms with Crippen LogP contribution in [0.25, 0.3) is 0 Å². The van der Waals surface area contributed by atoms with Crippen molar-refractivity contribution in [2.24, 2.45) is 0 Å². The van der Waals surface area contributed by atoms with E-state index < -0.39 is 18.7 Å². The first-order valence-electron chi connectivity index (χ1n) is 5.16. The van der Waals surface area contributed by atoms with Gasteiger partial charge in [-0.3, -0.25) is 4.79 Å². The van der Waals surface area contributed by atoms with E-state index in [0.717, 1.165) is 0 Å². The second-order valence-electron chi connectivity index (χ2n) is 3.54. The number of anilines is 1. The molecule has 0 aliphatic carbocycles. The van der Waals surface area contributed by atoms with Gasteiger partial charge in [0, 0.05) is 12.2 Å². The molecule has 7 heteroatoms. The fourth-order valence-corrected chi connectivity index (χ4v) is 1.26. The molecule has 0 saturated heterocycles. The Labute approximate surface area is 102 Å². The Morgan fingerprint density at radius 2 is 1.94 bits per heavy atom. The number of alkyl halides is 2. The van der Waals surface area contributed by atoms with Crippen molar-refractivity contribution in [2.45, 2.75) is 19.1 Å². The molecule has 3 N–H and O–H groups in total. The summed E-state index contributed by atoms with van der Waals surface area (Å²) >= 11 is 0. The molecule has 1 atom stereocenters. The van der Waals surface area contributed by atoms with Crippen molar-refractivity contribution in [1.29, 1.82) is 0 Å². The first kappa shape index (κ1) is 14.2. The minimum absolute atomic E-state index is 0.0293. The summed E-state index contributed by atoms with van der Waals surface area (Å²) in [5.74, 6) is -1.06. The Balaban J connectivity index is 2.41. The van der Waals surface area contributed by atoms with Crippen LogP contribution in [0.15, 0.2) is 24.3 Å². The van der Waals surface area contributed by atoms with Gasteiger partial charge < -0.3 is 20.3 Å². The molecule has 18 heavy (non-hydrogen) atoms. The molecule has 0 bridgehead atoms. The normalized spacial score (nSPS) is 12.2. The van der Waals surface area contributed by atoms with Crippen LogP contribution < -0.4 is 10.1 Å². The lowest BCUT2D eigenvalue weighted by molar-refractivity contribution is -0.138. The number of carboxylic acids is 1. The minimum Gasteiger partial charge on any atom is -0.481 e. The highest BCUT2D eigenvalue weighted by molar-refractivity contribution is 5.67. The fraction of sp³-hybridized carbons (Fsp3) is 0.364. The van der Waals surface area contributed by atoms with E-state index in [1.54, 1.807) is 0 Å². The molecule has 1 unspecified atom stereocenters. The third-order valence-corrected chi connectivity index (χ3v) is 2.03. The summed E-state index contributed by atoms with van der Waals surface area (Å²) in [6.07, 6.45) is -1.38. The summed E-state index contributed by atoms with van der Waals surface area (Å²) in [4.78, 5) is 10.3. The monoisotopic (exact) mass is 261 g/mol. The molecular formula is C11H13F2NO4. The number of carbonyl (C=O) groups is 1. The van der Waals surface area contributed by atoms with Crippen molar-refractivity contribution in [3.8, 4) is 5.75 Å². The quantitative estimate of drug-likeness (QED) is 0.693. The second kappa shape index (κ2) is 6.75. The number of rotatable bonds is 7. The SMILES string of the molecule is O=C(O)CC(O)CNc1ccc(OC(F)F)cc1. The minimum atomic E-state index is -2.87. The fourth-order valence-electron chi connectivity index (χ4n) is 1.26. The van der Waals surface area contributed by atoms with Crippen LogP contribution in [0.5, 0.6) is 5.75 Å². The van der Waals surface area contributed by atoms with Gasteiger partial charge in [0.05, 0.1) is 12.5 Å². The number of benzene rings is 1. The summed E-state index contributed by atoms with van der Waals surface area (Å²) in [5, 5.41) is 20.5. The Morgan fingerprint density at radius 3 is 2.44 bits per heavy atom. The van der Waals surface area contributed by atoms with Gasteiger partial charge in [0.15, 0.2) is 0 Å². The molecule has 0 aromatic heterocycles. The topological polar surface area (TPSA) is 78.8 Å². The van der Waals surface area contributed by atoms with Crippen molar-refractivity contribution in [3.05, 3.63) is 24.3 Å². The van der Waals surface area contributed by atoms with Crippen LogP contribution in [0.4, 0.5) is 14.5 Å². The van der Waals surface area contributed by atoms with Gasteiger partial charge in [-0.1, -0.05) is 0 Å². The van der Waals surface area contributed by atoms with Gasteiger partial charge in [-0.2, -0.15) is 8.78 Å². The summed E-state index contributed by atoms with van der Waals surface area (Å²) in [6, 6.07) is 5.67. The lowest BCUT2D eigenvalue weighted by Crippen LogP contribution is -2.22. The number of nitrogens with one attached hydrogen (secondary N) is 1. The van der Waals surface area contributed by atoms with Crippen LogP contribution in [0.1, 0.15) is 6.42 Å². The van der Waals surface area contributed by atoms with E-state index in [2.05, 4.69) is 10.1 Å². The molecule has 0 heterocycles. The molecule has 0 amide bonds. The second-order valence-corrected chi connectivity index (χ2v) is 3.54. The van der Waals surface area contributed by atoms with E-state index in [9.17, 15) is 18.7 Å². The summed E-state index contributed by atoms with van der Waals surface area (Å²) in [7, 11) is 0. The molecule has 5 nitrogen and oxygen atoms in total. The highest BCUT2D eigenvalue weighted by Crippen LogP contribution is 2.17. The molecule has 0 fully saturated rings. The molecule has 0 aliphatic heterocycles. The highest BCUT2D eigenvalue weighted by Gasteiger charge is 2.09. The van der Waals surface area contributed by atoms with E-state index >= 15 is 0 Å². The highest BCUT2D eigenvalue weighted by atomic mass is 19.3. The zero-order chi connectivity index (χ0) is 13.5. The predicted octanol–water partition coefficient (Wildman–Crippen LogP) is 1.54. The van der Waals surface area contributed by atoms with Gasteiger partial charge in [-0.15, -0.1) is 0 Å². The Kier molecular flexibility index (Phi) is 5.31. The standard InChI is InChI=1S/C11H13F2NO4/c12-11(13)18-9-3-1-7(2-4-9)14-6-8(15)5-10(16)17/h1-4,8,11,14-15H,5-6H2,(H,16,17). The van der Waals surface area contributed by atoms with Crippen molar-refractivity contribution < 1.29 is 28.5 Å². The third kappa shape index (κ3) is 5.44. The van der Waals surface area contributed by atoms with Crippen molar-refractivity contribution >= 4 is 11.7 Å². The smallest absolute Gasteiger partial charge is 0.387 e. The van der Waals surface area contributed by atoms with Crippen LogP contribution in [0, 0.1) is 0 Å². The molecule has 1 aromatic rings. The van der Waals surface area contributed by atoms with Gasteiger partial charge in [-0.25, -0.2) is 0 Å². The van der Waals surface area contributed by atoms with Crippen LogP contribution in [-0.4, -0.2) is 35.4 Å². The van der Waals surface area contributed by atoms with Gasteiger partial charge >= 0.3 is 12.6 Å². The molecule has 0 aliphatic rings. The maximum absolute atomic E-state index is 11.9. The number of aliphatic hydroxyl groups is 1. The van der Waals surface area contributed by atoms with E-state index in [4.69, 9.17) is 5.11 Å². The maximum Gasteiger partial charge on any atom is 0.387 e. The number of aliphatic hydroxyl groups excluding tert-OH is 1. The van der Waals surface area contributed by atoms with Gasteiger partial charge in [0.25, 0.3) is 0 Å². The van der Waals surface area contributed by atoms with Crippen molar-refractivity contribution in [1.82, 2.24) is 0 Å². The van der Waals surface area contributed by atoms with E-state index in [-0.39, 0.29) is 18.7 Å². The Hall–Kier alpha value is -1.89. The van der Waals surface area contributed by atoms with Crippen LogP contribution in [0.2, 0.25) is 0 Å². The third-order valence-electron chi connectivity index (χ3n) is 2.03. The maximum atomic E-state index is 11.9. The van der Waals surface area contributed by atoms with Crippen molar-refractivity contribution in [3.63, 3.8) is 0 Å². The molecule has 100 valence electrons. The molecular weight excluding hydrogens is 248 g/mol. The van der Waals surface area contributed by atoms with Gasteiger partial charge in [0.1, 0.15) is 5.75 Å². The average Bonchev–Trinajstić information content (AvgIpc) is 2.26. The molecule has 0 spiro atoms. The van der Waals surface area contributed by atoms with Gasteiger partial charge in [0.2, 0.25) is 0 Å². The Bertz CT molecular complexity index is 383. The number of hydrogen-bond donors (Lipinski definition) is 3. The van der Waals surface area contributed by atoms with E-state index in [1.807, 2.05) is 0 Å². The number of halogens is 2. The van der Waals surface area contributed by atoms with Crippen LogP contribution in [-0.2, 0) is 4.79 Å². The predicted molar refractivity (Wildman–Crippen MR) is 59.8 cm³/mol. The largest absolute Gasteiger partial charge is 0.481 e. The molecule has 0 radical (unpaired) electrons. The number of carboxylic acid groups (broad SMARTS) is 1. The summed E-state index contributed by atoms with van der Waals surface area (Å²) in [6.45, 7) is -2.82. The van der Waals surface area contributed by atoms with E-state index in [0.29, 0.717) is 5.69 Å². The first-order chi connectivity index (χ1) is 8.47. The zero-order valence-corrected chi connectivity index (χ0v) is 9.35. The number of hydrogen-bond acceptors (Lipinski definition) is 4. The molecule has 1 rings (SSSR count). The van der Waals surface area contributed by atoms with E-state index in [1.165, 1.54) is 24.3 Å². The number of aliphatic carboxylic acids is 1. The Morgan fingerprint density at radius 1 is 1.33 bits per heavy atom. The average molecular weight is 261 g/mol. The van der Waals surface area contributed by atoms with Crippen LogP contribution in [0.3, 0.4) is 0 Å². The first-order valence-corrected chi connectivity index (χ1v) is 5.16. The molecule has 0 saturated carbocycles. The lowest BCUT2D eigenvalue weighted by atomic mass is 10.2. The molecule has 1 aromatic carbocycles. The lowest BCUT2D eigenvalue weighted by Gasteiger charge is -2.11. The summed E-state index contributed by atoms with van der Waals surface area (Å²) in [5.41, 5.74) is 0.570. The van der Waals surface area contributed by atoms with Crippen LogP contribution >= 0.6 is 0 Å². The van der Waals surface area contributed by atoms with Crippen molar-refractivity contribution in [2.75, 3.05) is 11.9 Å².